The van der Waals surface area contributed by atoms with Crippen LogP contribution >= 0.6 is 27.7 Å². The molecule has 0 unspecified atom stereocenters. The lowest BCUT2D eigenvalue weighted by Gasteiger charge is -2.09. The van der Waals surface area contributed by atoms with E-state index in [0.29, 0.717) is 11.4 Å². The second kappa shape index (κ2) is 8.20. The third kappa shape index (κ3) is 3.79. The van der Waals surface area contributed by atoms with Gasteiger partial charge in [-0.1, -0.05) is 53.2 Å². The Morgan fingerprint density at radius 2 is 1.83 bits per heavy atom. The Morgan fingerprint density at radius 1 is 1.07 bits per heavy atom. The molecule has 2 heterocycles. The first-order chi connectivity index (χ1) is 14.0. The predicted molar refractivity (Wildman–Crippen MR) is 123 cm³/mol. The molecule has 0 bridgehead atoms. The number of nitrogens with zero attached hydrogens (tertiary/aromatic N) is 2. The second-order valence-electron chi connectivity index (χ2n) is 6.93. The Bertz CT molecular complexity index is 1130. The van der Waals surface area contributed by atoms with Crippen LogP contribution in [0.15, 0.2) is 58.0 Å². The normalized spacial score (nSPS) is 15.8. The van der Waals surface area contributed by atoms with Gasteiger partial charge < -0.3 is 4.57 Å². The molecule has 1 fully saturated rings. The molecule has 1 aliphatic heterocycles. The van der Waals surface area contributed by atoms with E-state index in [1.165, 1.54) is 21.5 Å². The Kier molecular flexibility index (Phi) is 5.65. The first kappa shape index (κ1) is 20.0. The zero-order valence-electron chi connectivity index (χ0n) is 16.3. The van der Waals surface area contributed by atoms with Crippen molar-refractivity contribution in [3.05, 3.63) is 74.7 Å². The molecule has 3 aromatic rings. The van der Waals surface area contributed by atoms with E-state index >= 15 is 0 Å². The minimum absolute atomic E-state index is 0.198. The zero-order chi connectivity index (χ0) is 20.5. The molecule has 4 nitrogen and oxygen atoms in total. The number of rotatable bonds is 5. The number of likely N-dealkylation sites (N-methyl/N-ethyl adjacent to an activating group) is 1. The van der Waals surface area contributed by atoms with Crippen molar-refractivity contribution in [1.82, 2.24) is 9.47 Å². The smallest absolute Gasteiger partial charge is 0.293 e. The molecular weight excluding hydrogens is 448 g/mol. The van der Waals surface area contributed by atoms with Gasteiger partial charge in [0.1, 0.15) is 0 Å². The van der Waals surface area contributed by atoms with E-state index in [-0.39, 0.29) is 11.1 Å². The second-order valence-corrected chi connectivity index (χ2v) is 8.84. The molecule has 2 amide bonds. The van der Waals surface area contributed by atoms with Gasteiger partial charge in [-0.15, -0.1) is 0 Å². The van der Waals surface area contributed by atoms with Crippen LogP contribution in [0, 0.1) is 0 Å². The average molecular weight is 469 g/mol. The van der Waals surface area contributed by atoms with Gasteiger partial charge in [0.2, 0.25) is 0 Å². The number of benzene rings is 2. The SMILES string of the molecule is CCc1cccc2c(/C=C3\SC(=O)N(CC)C3=O)cn(Cc3ccc(Br)cc3)c12. The summed E-state index contributed by atoms with van der Waals surface area (Å²) in [6, 6.07) is 14.6. The number of hydrogen-bond acceptors (Lipinski definition) is 3. The maximum absolute atomic E-state index is 12.5. The van der Waals surface area contributed by atoms with Crippen LogP contribution in [-0.4, -0.2) is 27.2 Å². The van der Waals surface area contributed by atoms with E-state index in [4.69, 9.17) is 0 Å². The lowest BCUT2D eigenvalue weighted by Crippen LogP contribution is -2.27. The van der Waals surface area contributed by atoms with E-state index in [2.05, 4.69) is 63.9 Å². The highest BCUT2D eigenvalue weighted by molar-refractivity contribution is 9.10. The van der Waals surface area contributed by atoms with Crippen LogP contribution in [0.5, 0.6) is 0 Å². The Labute approximate surface area is 182 Å². The van der Waals surface area contributed by atoms with Crippen LogP contribution in [0.4, 0.5) is 4.79 Å². The van der Waals surface area contributed by atoms with Crippen molar-refractivity contribution in [2.24, 2.45) is 0 Å². The molecule has 1 aliphatic rings. The molecule has 6 heteroatoms. The zero-order valence-corrected chi connectivity index (χ0v) is 18.7. The Morgan fingerprint density at radius 3 is 2.48 bits per heavy atom. The van der Waals surface area contributed by atoms with Gasteiger partial charge in [0.25, 0.3) is 11.1 Å². The molecule has 0 spiro atoms. The quantitative estimate of drug-likeness (QED) is 0.426. The summed E-state index contributed by atoms with van der Waals surface area (Å²) in [6.07, 6.45) is 4.87. The summed E-state index contributed by atoms with van der Waals surface area (Å²) in [5.41, 5.74) is 4.61. The highest BCUT2D eigenvalue weighted by Gasteiger charge is 2.33. The topological polar surface area (TPSA) is 42.3 Å². The minimum Gasteiger partial charge on any atom is -0.342 e. The van der Waals surface area contributed by atoms with Crippen LogP contribution in [-0.2, 0) is 17.8 Å². The molecule has 0 atom stereocenters. The van der Waals surface area contributed by atoms with Gasteiger partial charge in [0.05, 0.1) is 10.4 Å². The van der Waals surface area contributed by atoms with Crippen LogP contribution in [0.1, 0.15) is 30.5 Å². The number of halogens is 1. The number of aromatic nitrogens is 1. The van der Waals surface area contributed by atoms with Crippen LogP contribution < -0.4 is 0 Å². The van der Waals surface area contributed by atoms with Crippen LogP contribution in [0.3, 0.4) is 0 Å². The molecule has 0 aliphatic carbocycles. The fourth-order valence-corrected chi connectivity index (χ4v) is 4.85. The highest BCUT2D eigenvalue weighted by Crippen LogP contribution is 2.35. The van der Waals surface area contributed by atoms with Crippen molar-refractivity contribution in [3.8, 4) is 0 Å². The molecule has 0 N–H and O–H groups in total. The van der Waals surface area contributed by atoms with Gasteiger partial charge in [0, 0.05) is 34.7 Å². The first-order valence-corrected chi connectivity index (χ1v) is 11.2. The summed E-state index contributed by atoms with van der Waals surface area (Å²) in [7, 11) is 0. The highest BCUT2D eigenvalue weighted by atomic mass is 79.9. The number of hydrogen-bond donors (Lipinski definition) is 0. The molecule has 29 heavy (non-hydrogen) atoms. The van der Waals surface area contributed by atoms with E-state index in [1.54, 1.807) is 0 Å². The van der Waals surface area contributed by atoms with Gasteiger partial charge in [-0.25, -0.2) is 0 Å². The number of carbonyl (C=O) groups is 2. The fourth-order valence-electron chi connectivity index (χ4n) is 3.69. The molecule has 1 saturated heterocycles. The van der Waals surface area contributed by atoms with Crippen molar-refractivity contribution in [1.29, 1.82) is 0 Å². The molecule has 4 rings (SSSR count). The number of thioether (sulfide) groups is 1. The fraction of sp³-hybridized carbons (Fsp3) is 0.217. The minimum atomic E-state index is -0.206. The van der Waals surface area contributed by atoms with E-state index in [9.17, 15) is 9.59 Å². The number of carbonyl (C=O) groups excluding carboxylic acids is 2. The lowest BCUT2D eigenvalue weighted by molar-refractivity contribution is -0.122. The summed E-state index contributed by atoms with van der Waals surface area (Å²) in [4.78, 5) is 26.4. The summed E-state index contributed by atoms with van der Waals surface area (Å²) >= 11 is 4.51. The van der Waals surface area contributed by atoms with Crippen molar-refractivity contribution >= 4 is 55.8 Å². The number of para-hydroxylation sites is 1. The van der Waals surface area contributed by atoms with Gasteiger partial charge >= 0.3 is 0 Å². The van der Waals surface area contributed by atoms with E-state index in [1.807, 2.05) is 25.1 Å². The van der Waals surface area contributed by atoms with Crippen molar-refractivity contribution in [2.45, 2.75) is 26.8 Å². The van der Waals surface area contributed by atoms with E-state index in [0.717, 1.165) is 40.1 Å². The van der Waals surface area contributed by atoms with Crippen molar-refractivity contribution in [2.75, 3.05) is 6.54 Å². The van der Waals surface area contributed by atoms with Crippen molar-refractivity contribution in [3.63, 3.8) is 0 Å². The maximum Gasteiger partial charge on any atom is 0.293 e. The number of amides is 2. The van der Waals surface area contributed by atoms with Crippen molar-refractivity contribution < 1.29 is 9.59 Å². The summed E-state index contributed by atoms with van der Waals surface area (Å²) in [5, 5.41) is 0.904. The lowest BCUT2D eigenvalue weighted by atomic mass is 10.1. The predicted octanol–water partition coefficient (Wildman–Crippen LogP) is 6.07. The molecular formula is C23H21BrN2O2S. The van der Waals surface area contributed by atoms with Gasteiger partial charge in [-0.3, -0.25) is 14.5 Å². The first-order valence-electron chi connectivity index (χ1n) is 9.62. The largest absolute Gasteiger partial charge is 0.342 e. The van der Waals surface area contributed by atoms with E-state index < -0.39 is 0 Å². The molecule has 0 radical (unpaired) electrons. The van der Waals surface area contributed by atoms with Gasteiger partial charge in [-0.05, 0) is 54.4 Å². The Hall–Kier alpha value is -2.31. The summed E-state index contributed by atoms with van der Waals surface area (Å²) in [6.45, 7) is 5.10. The molecule has 1 aromatic heterocycles. The average Bonchev–Trinajstić information content (AvgIpc) is 3.20. The molecule has 148 valence electrons. The summed E-state index contributed by atoms with van der Waals surface area (Å²) < 4.78 is 3.30. The number of fused-ring (bicyclic) bond motifs is 1. The third-order valence-corrected chi connectivity index (χ3v) is 6.57. The molecule has 2 aromatic carbocycles. The van der Waals surface area contributed by atoms with Gasteiger partial charge in [-0.2, -0.15) is 0 Å². The molecule has 0 saturated carbocycles. The van der Waals surface area contributed by atoms with Crippen LogP contribution in [0.2, 0.25) is 0 Å². The number of aryl methyl sites for hydroxylation is 1. The standard InChI is InChI=1S/C23H21BrN2O2S/c1-3-16-6-5-7-19-17(12-20-22(27)26(4-2)23(28)29-20)14-25(21(16)19)13-15-8-10-18(24)11-9-15/h5-12,14H,3-4,13H2,1-2H3/b20-12-. The Balaban J connectivity index is 1.81. The maximum atomic E-state index is 12.5. The summed E-state index contributed by atoms with van der Waals surface area (Å²) in [5.74, 6) is -0.206. The third-order valence-electron chi connectivity index (χ3n) is 5.14. The van der Waals surface area contributed by atoms with Gasteiger partial charge in [0.15, 0.2) is 0 Å². The monoisotopic (exact) mass is 468 g/mol. The number of imide groups is 1. The van der Waals surface area contributed by atoms with Crippen LogP contribution in [0.25, 0.3) is 17.0 Å².